The molecular weight excluding hydrogens is 252 g/mol. The molecule has 0 bridgehead atoms. The first-order chi connectivity index (χ1) is 8.94. The van der Waals surface area contributed by atoms with Gasteiger partial charge in [-0.15, -0.1) is 0 Å². The zero-order valence-electron chi connectivity index (χ0n) is 11.2. The number of carbonyl (C=O) groups is 3. The third-order valence-electron chi connectivity index (χ3n) is 3.40. The highest BCUT2D eigenvalue weighted by Gasteiger charge is 2.51. The van der Waals surface area contributed by atoms with E-state index in [1.807, 2.05) is 0 Å². The van der Waals surface area contributed by atoms with Gasteiger partial charge in [0.05, 0.1) is 6.61 Å². The molecule has 7 nitrogen and oxygen atoms in total. The van der Waals surface area contributed by atoms with E-state index in [4.69, 9.17) is 9.84 Å². The van der Waals surface area contributed by atoms with Gasteiger partial charge in [0.15, 0.2) is 0 Å². The van der Waals surface area contributed by atoms with E-state index in [9.17, 15) is 14.4 Å². The third-order valence-corrected chi connectivity index (χ3v) is 3.40. The number of rotatable bonds is 7. The van der Waals surface area contributed by atoms with Crippen LogP contribution >= 0.6 is 0 Å². The smallest absolute Gasteiger partial charge is 0.319 e. The summed E-state index contributed by atoms with van der Waals surface area (Å²) in [5.41, 5.74) is -1.35. The fourth-order valence-electron chi connectivity index (χ4n) is 1.90. The molecule has 0 aliphatic heterocycles. The molecule has 1 atom stereocenters. The Hall–Kier alpha value is -1.63. The largest absolute Gasteiger partial charge is 0.480 e. The molecule has 1 aliphatic carbocycles. The molecule has 1 rings (SSSR count). The van der Waals surface area contributed by atoms with Crippen LogP contribution in [0.3, 0.4) is 0 Å². The summed E-state index contributed by atoms with van der Waals surface area (Å²) in [6, 6.07) is -0.763. The van der Waals surface area contributed by atoms with Crippen molar-refractivity contribution in [2.75, 3.05) is 20.3 Å². The van der Waals surface area contributed by atoms with E-state index < -0.39 is 23.3 Å². The quantitative estimate of drug-likeness (QED) is 0.428. The summed E-state index contributed by atoms with van der Waals surface area (Å²) in [4.78, 5) is 34.7. The van der Waals surface area contributed by atoms with Crippen molar-refractivity contribution in [3.63, 3.8) is 0 Å². The van der Waals surface area contributed by atoms with E-state index >= 15 is 0 Å². The summed E-state index contributed by atoms with van der Waals surface area (Å²) < 4.78 is 4.79. The minimum atomic E-state index is -1.35. The summed E-state index contributed by atoms with van der Waals surface area (Å²) >= 11 is 0. The van der Waals surface area contributed by atoms with Gasteiger partial charge in [-0.05, 0) is 19.8 Å². The SMILES string of the molecule is COCCNC(=O)C(C)NC(=O)C1(C(=O)O)CCC1. The van der Waals surface area contributed by atoms with Crippen LogP contribution in [0.4, 0.5) is 0 Å². The summed E-state index contributed by atoms with van der Waals surface area (Å²) in [6.45, 7) is 2.25. The maximum absolute atomic E-state index is 11.9. The maximum Gasteiger partial charge on any atom is 0.319 e. The van der Waals surface area contributed by atoms with Gasteiger partial charge in [0.25, 0.3) is 0 Å². The number of amides is 2. The van der Waals surface area contributed by atoms with Crippen LogP contribution in [-0.2, 0) is 19.1 Å². The van der Waals surface area contributed by atoms with Gasteiger partial charge in [-0.2, -0.15) is 0 Å². The summed E-state index contributed by atoms with van der Waals surface area (Å²) in [5.74, 6) is -2.06. The number of nitrogens with one attached hydrogen (secondary N) is 2. The molecule has 1 aliphatic rings. The molecule has 0 aromatic rings. The molecule has 0 aromatic heterocycles. The van der Waals surface area contributed by atoms with Crippen molar-refractivity contribution in [2.45, 2.75) is 32.2 Å². The standard InChI is InChI=1S/C12H20N2O5/c1-8(9(15)13-6-7-19-2)14-10(16)12(11(17)18)4-3-5-12/h8H,3-7H2,1-2H3,(H,13,15)(H,14,16)(H,17,18). The van der Waals surface area contributed by atoms with Crippen molar-refractivity contribution in [2.24, 2.45) is 5.41 Å². The van der Waals surface area contributed by atoms with Crippen LogP contribution in [0.15, 0.2) is 0 Å². The molecule has 0 spiro atoms. The van der Waals surface area contributed by atoms with Crippen molar-refractivity contribution >= 4 is 17.8 Å². The molecule has 1 fully saturated rings. The summed E-state index contributed by atoms with van der Waals surface area (Å²) in [7, 11) is 1.52. The Bertz CT molecular complexity index is 365. The Kier molecular flexibility index (Phi) is 5.29. The van der Waals surface area contributed by atoms with Gasteiger partial charge in [0.2, 0.25) is 11.8 Å². The zero-order valence-corrected chi connectivity index (χ0v) is 11.2. The van der Waals surface area contributed by atoms with Crippen LogP contribution in [-0.4, -0.2) is 49.2 Å². The number of carboxylic acids is 1. The predicted octanol–water partition coefficient (Wildman–Crippen LogP) is -0.491. The number of ether oxygens (including phenoxy) is 1. The highest BCUT2D eigenvalue weighted by Crippen LogP contribution is 2.41. The molecule has 2 amide bonds. The van der Waals surface area contributed by atoms with Gasteiger partial charge >= 0.3 is 5.97 Å². The van der Waals surface area contributed by atoms with Gasteiger partial charge in [-0.1, -0.05) is 6.42 Å². The molecule has 0 aromatic carbocycles. The lowest BCUT2D eigenvalue weighted by molar-refractivity contribution is -0.162. The Balaban J connectivity index is 2.47. The van der Waals surface area contributed by atoms with E-state index in [1.54, 1.807) is 0 Å². The van der Waals surface area contributed by atoms with Crippen LogP contribution in [0.1, 0.15) is 26.2 Å². The van der Waals surface area contributed by atoms with E-state index in [0.29, 0.717) is 32.4 Å². The molecular formula is C12H20N2O5. The summed E-state index contributed by atoms with van der Waals surface area (Å²) in [6.07, 6.45) is 1.37. The molecule has 3 N–H and O–H groups in total. The summed E-state index contributed by atoms with van der Waals surface area (Å²) in [5, 5.41) is 14.1. The number of hydrogen-bond acceptors (Lipinski definition) is 4. The lowest BCUT2D eigenvalue weighted by Gasteiger charge is -2.36. The van der Waals surface area contributed by atoms with Crippen LogP contribution in [0.25, 0.3) is 0 Å². The fraction of sp³-hybridized carbons (Fsp3) is 0.750. The van der Waals surface area contributed by atoms with E-state index in [1.165, 1.54) is 14.0 Å². The first-order valence-corrected chi connectivity index (χ1v) is 6.25. The second-order valence-electron chi connectivity index (χ2n) is 4.72. The maximum atomic E-state index is 11.9. The number of hydrogen-bond donors (Lipinski definition) is 3. The van der Waals surface area contributed by atoms with Gasteiger partial charge in [0.1, 0.15) is 11.5 Å². The normalized spacial score (nSPS) is 18.0. The number of carboxylic acid groups (broad SMARTS) is 1. The molecule has 7 heteroatoms. The first kappa shape index (κ1) is 15.4. The predicted molar refractivity (Wildman–Crippen MR) is 66.4 cm³/mol. The van der Waals surface area contributed by atoms with Crippen molar-refractivity contribution in [3.8, 4) is 0 Å². The van der Waals surface area contributed by atoms with E-state index in [-0.39, 0.29) is 5.91 Å². The average molecular weight is 272 g/mol. The van der Waals surface area contributed by atoms with Crippen LogP contribution < -0.4 is 10.6 Å². The van der Waals surface area contributed by atoms with Gasteiger partial charge in [-0.25, -0.2) is 0 Å². The lowest BCUT2D eigenvalue weighted by Crippen LogP contribution is -2.55. The molecule has 0 saturated heterocycles. The van der Waals surface area contributed by atoms with Crippen molar-refractivity contribution in [1.82, 2.24) is 10.6 Å². The Labute approximate surface area is 111 Å². The van der Waals surface area contributed by atoms with Crippen LogP contribution in [0.5, 0.6) is 0 Å². The molecule has 19 heavy (non-hydrogen) atoms. The minimum absolute atomic E-state index is 0.326. The van der Waals surface area contributed by atoms with Crippen LogP contribution in [0, 0.1) is 5.41 Å². The second kappa shape index (κ2) is 6.51. The van der Waals surface area contributed by atoms with Crippen molar-refractivity contribution in [1.29, 1.82) is 0 Å². The molecule has 1 unspecified atom stereocenters. The van der Waals surface area contributed by atoms with Crippen LogP contribution in [0.2, 0.25) is 0 Å². The molecule has 1 saturated carbocycles. The van der Waals surface area contributed by atoms with E-state index in [0.717, 1.165) is 0 Å². The zero-order chi connectivity index (χ0) is 14.5. The highest BCUT2D eigenvalue weighted by atomic mass is 16.5. The van der Waals surface area contributed by atoms with Gasteiger partial charge in [-0.3, -0.25) is 14.4 Å². The Morgan fingerprint density at radius 3 is 2.42 bits per heavy atom. The average Bonchev–Trinajstić information content (AvgIpc) is 2.26. The minimum Gasteiger partial charge on any atom is -0.480 e. The lowest BCUT2D eigenvalue weighted by atomic mass is 9.68. The number of aliphatic carboxylic acids is 1. The molecule has 108 valence electrons. The monoisotopic (exact) mass is 272 g/mol. The molecule has 0 radical (unpaired) electrons. The van der Waals surface area contributed by atoms with Crippen molar-refractivity contribution < 1.29 is 24.2 Å². The van der Waals surface area contributed by atoms with Crippen molar-refractivity contribution in [3.05, 3.63) is 0 Å². The second-order valence-corrected chi connectivity index (χ2v) is 4.72. The van der Waals surface area contributed by atoms with Gasteiger partial charge in [0, 0.05) is 13.7 Å². The third kappa shape index (κ3) is 3.44. The Morgan fingerprint density at radius 1 is 1.37 bits per heavy atom. The van der Waals surface area contributed by atoms with Gasteiger partial charge < -0.3 is 20.5 Å². The fourth-order valence-corrected chi connectivity index (χ4v) is 1.90. The number of methoxy groups -OCH3 is 1. The van der Waals surface area contributed by atoms with E-state index in [2.05, 4.69) is 10.6 Å². The first-order valence-electron chi connectivity index (χ1n) is 6.25. The number of carbonyl (C=O) groups excluding carboxylic acids is 2. The highest BCUT2D eigenvalue weighted by molar-refractivity contribution is 6.04. The topological polar surface area (TPSA) is 105 Å². The molecule has 0 heterocycles. The Morgan fingerprint density at radius 2 is 2.00 bits per heavy atom.